The van der Waals surface area contributed by atoms with E-state index in [1.54, 1.807) is 6.92 Å². The van der Waals surface area contributed by atoms with Gasteiger partial charge in [-0.3, -0.25) is 5.10 Å². The zero-order chi connectivity index (χ0) is 15.6. The Bertz CT molecular complexity index is 734. The second-order valence-electron chi connectivity index (χ2n) is 4.25. The van der Waals surface area contributed by atoms with Crippen LogP contribution in [0.1, 0.15) is 24.4 Å². The third-order valence-corrected chi connectivity index (χ3v) is 5.06. The largest absolute Gasteiger partial charge is 0.392 e. The Morgan fingerprint density at radius 3 is 2.71 bits per heavy atom. The van der Waals surface area contributed by atoms with E-state index in [0.717, 1.165) is 0 Å². The van der Waals surface area contributed by atoms with Gasteiger partial charge in [-0.2, -0.15) is 5.10 Å². The van der Waals surface area contributed by atoms with E-state index in [1.807, 2.05) is 0 Å². The van der Waals surface area contributed by atoms with Crippen LogP contribution in [-0.2, 0) is 16.6 Å². The van der Waals surface area contributed by atoms with Crippen molar-refractivity contribution >= 4 is 33.2 Å². The lowest BCUT2D eigenvalue weighted by Gasteiger charge is -2.14. The van der Waals surface area contributed by atoms with E-state index in [9.17, 15) is 13.5 Å². The number of aromatic amines is 1. The fraction of sp³-hybridized carbons (Fsp3) is 0.273. The molecule has 0 saturated carbocycles. The molecule has 2 rings (SSSR count). The minimum Gasteiger partial charge on any atom is -0.392 e. The molecule has 0 aliphatic carbocycles. The highest BCUT2D eigenvalue weighted by Gasteiger charge is 2.24. The highest BCUT2D eigenvalue weighted by atomic mass is 35.5. The monoisotopic (exact) mass is 350 g/mol. The standard InChI is InChI=1S/C11H12Cl2N4O3S/c1-6(11-14-5-15-16-11)17-21(19,20)9-3-8(12)2-7(4-18)10(9)13/h2-3,5-6,17-18H,4H2,1H3,(H,14,15,16). The van der Waals surface area contributed by atoms with Crippen molar-refractivity contribution in [2.24, 2.45) is 0 Å². The minimum atomic E-state index is -3.94. The first-order chi connectivity index (χ1) is 9.85. The molecule has 0 spiro atoms. The molecule has 0 saturated heterocycles. The van der Waals surface area contributed by atoms with Crippen LogP contribution >= 0.6 is 23.2 Å². The van der Waals surface area contributed by atoms with E-state index in [1.165, 1.54) is 18.5 Å². The van der Waals surface area contributed by atoms with E-state index in [0.29, 0.717) is 5.82 Å². The first-order valence-corrected chi connectivity index (χ1v) is 8.05. The predicted octanol–water partition coefficient (Wildman–Crippen LogP) is 1.64. The van der Waals surface area contributed by atoms with Crippen LogP contribution in [0.3, 0.4) is 0 Å². The zero-order valence-electron chi connectivity index (χ0n) is 10.8. The van der Waals surface area contributed by atoms with Crippen LogP contribution in [0.15, 0.2) is 23.4 Å². The third-order valence-electron chi connectivity index (χ3n) is 2.71. The predicted molar refractivity (Wildman–Crippen MR) is 77.5 cm³/mol. The Hall–Kier alpha value is -1.19. The summed E-state index contributed by atoms with van der Waals surface area (Å²) in [5.74, 6) is 0.360. The Morgan fingerprint density at radius 2 is 2.14 bits per heavy atom. The topological polar surface area (TPSA) is 108 Å². The summed E-state index contributed by atoms with van der Waals surface area (Å²) in [6, 6.07) is 1.99. The van der Waals surface area contributed by atoms with Gasteiger partial charge in [0.15, 0.2) is 0 Å². The summed E-state index contributed by atoms with van der Waals surface area (Å²) in [4.78, 5) is 3.67. The molecule has 1 unspecified atom stereocenters. The fourth-order valence-electron chi connectivity index (χ4n) is 1.70. The molecule has 3 N–H and O–H groups in total. The number of halogens is 2. The molecule has 1 heterocycles. The number of H-pyrrole nitrogens is 1. The summed E-state index contributed by atoms with van der Waals surface area (Å²) in [7, 11) is -3.94. The van der Waals surface area contributed by atoms with Gasteiger partial charge in [0.25, 0.3) is 0 Å². The molecule has 0 amide bonds. The van der Waals surface area contributed by atoms with Gasteiger partial charge in [-0.25, -0.2) is 18.1 Å². The van der Waals surface area contributed by atoms with Crippen LogP contribution in [-0.4, -0.2) is 28.7 Å². The molecule has 2 aromatic rings. The SMILES string of the molecule is CC(NS(=O)(=O)c1cc(Cl)cc(CO)c1Cl)c1ncn[nH]1. The van der Waals surface area contributed by atoms with Gasteiger partial charge in [-0.15, -0.1) is 0 Å². The van der Waals surface area contributed by atoms with Crippen molar-refractivity contribution in [1.29, 1.82) is 0 Å². The van der Waals surface area contributed by atoms with Gasteiger partial charge in [0.05, 0.1) is 17.7 Å². The lowest BCUT2D eigenvalue weighted by atomic mass is 10.2. The molecule has 114 valence electrons. The van der Waals surface area contributed by atoms with E-state index in [2.05, 4.69) is 19.9 Å². The highest BCUT2D eigenvalue weighted by molar-refractivity contribution is 7.89. The molecule has 1 atom stereocenters. The first-order valence-electron chi connectivity index (χ1n) is 5.81. The summed E-state index contributed by atoms with van der Waals surface area (Å²) in [6.45, 7) is 1.18. The van der Waals surface area contributed by atoms with Crippen molar-refractivity contribution in [1.82, 2.24) is 19.9 Å². The molecule has 0 aliphatic heterocycles. The van der Waals surface area contributed by atoms with Gasteiger partial charge >= 0.3 is 0 Å². The molecule has 1 aromatic carbocycles. The van der Waals surface area contributed by atoms with E-state index in [4.69, 9.17) is 23.2 Å². The molecule has 0 fully saturated rings. The van der Waals surface area contributed by atoms with Crippen LogP contribution in [0, 0.1) is 0 Å². The maximum Gasteiger partial charge on any atom is 0.242 e. The Balaban J connectivity index is 2.38. The summed E-state index contributed by atoms with van der Waals surface area (Å²) in [5, 5.41) is 15.5. The van der Waals surface area contributed by atoms with E-state index >= 15 is 0 Å². The molecular formula is C11H12Cl2N4O3S. The second kappa shape index (κ2) is 6.29. The van der Waals surface area contributed by atoms with Crippen LogP contribution in [0.4, 0.5) is 0 Å². The number of benzene rings is 1. The molecule has 1 aromatic heterocycles. The number of nitrogens with zero attached hydrogens (tertiary/aromatic N) is 2. The Kier molecular flexibility index (Phi) is 4.84. The minimum absolute atomic E-state index is 0.0702. The first kappa shape index (κ1) is 16.2. The van der Waals surface area contributed by atoms with Crippen LogP contribution in [0.2, 0.25) is 10.0 Å². The zero-order valence-corrected chi connectivity index (χ0v) is 13.2. The van der Waals surface area contributed by atoms with Gasteiger partial charge < -0.3 is 5.11 Å². The number of aliphatic hydroxyl groups excluding tert-OH is 1. The smallest absolute Gasteiger partial charge is 0.242 e. The molecule has 0 bridgehead atoms. The maximum absolute atomic E-state index is 12.4. The number of hydrogen-bond acceptors (Lipinski definition) is 5. The van der Waals surface area contributed by atoms with Gasteiger partial charge in [0, 0.05) is 5.02 Å². The lowest BCUT2D eigenvalue weighted by molar-refractivity contribution is 0.281. The summed E-state index contributed by atoms with van der Waals surface area (Å²) >= 11 is 11.9. The van der Waals surface area contributed by atoms with Crippen LogP contribution in [0.25, 0.3) is 0 Å². The summed E-state index contributed by atoms with van der Waals surface area (Å²) in [5.41, 5.74) is 0.233. The number of sulfonamides is 1. The van der Waals surface area contributed by atoms with E-state index < -0.39 is 22.7 Å². The number of rotatable bonds is 5. The van der Waals surface area contributed by atoms with Crippen LogP contribution in [0.5, 0.6) is 0 Å². The number of hydrogen-bond donors (Lipinski definition) is 3. The van der Waals surface area contributed by atoms with Crippen molar-refractivity contribution < 1.29 is 13.5 Å². The molecule has 21 heavy (non-hydrogen) atoms. The maximum atomic E-state index is 12.4. The molecular weight excluding hydrogens is 339 g/mol. The van der Waals surface area contributed by atoms with Gasteiger partial charge in [-0.1, -0.05) is 23.2 Å². The second-order valence-corrected chi connectivity index (χ2v) is 6.75. The van der Waals surface area contributed by atoms with Crippen molar-refractivity contribution in [2.75, 3.05) is 0 Å². The van der Waals surface area contributed by atoms with Gasteiger partial charge in [0.1, 0.15) is 17.0 Å². The van der Waals surface area contributed by atoms with E-state index in [-0.39, 0.29) is 20.5 Å². The van der Waals surface area contributed by atoms with Crippen LogP contribution < -0.4 is 4.72 Å². The highest BCUT2D eigenvalue weighted by Crippen LogP contribution is 2.30. The van der Waals surface area contributed by atoms with Crippen molar-refractivity contribution in [2.45, 2.75) is 24.5 Å². The fourth-order valence-corrected chi connectivity index (χ4v) is 3.84. The van der Waals surface area contributed by atoms with Gasteiger partial charge in [0.2, 0.25) is 10.0 Å². The average molecular weight is 351 g/mol. The quantitative estimate of drug-likeness (QED) is 0.759. The van der Waals surface area contributed by atoms with Crippen molar-refractivity contribution in [3.63, 3.8) is 0 Å². The Morgan fingerprint density at radius 1 is 1.43 bits per heavy atom. The third kappa shape index (κ3) is 3.53. The molecule has 10 heteroatoms. The Labute approximate surface area is 131 Å². The molecule has 7 nitrogen and oxygen atoms in total. The van der Waals surface area contributed by atoms with Crippen molar-refractivity contribution in [3.8, 4) is 0 Å². The van der Waals surface area contributed by atoms with Crippen molar-refractivity contribution in [3.05, 3.63) is 39.9 Å². The lowest BCUT2D eigenvalue weighted by Crippen LogP contribution is -2.28. The number of nitrogens with one attached hydrogen (secondary N) is 2. The number of aromatic nitrogens is 3. The number of aliphatic hydroxyl groups is 1. The van der Waals surface area contributed by atoms with Gasteiger partial charge in [-0.05, 0) is 24.6 Å². The molecule has 0 aliphatic rings. The average Bonchev–Trinajstić information content (AvgIpc) is 2.94. The molecule has 0 radical (unpaired) electrons. The summed E-state index contributed by atoms with van der Waals surface area (Å²) < 4.78 is 27.2. The summed E-state index contributed by atoms with van der Waals surface area (Å²) in [6.07, 6.45) is 1.27. The normalized spacial score (nSPS) is 13.3.